The molecule has 0 bridgehead atoms. The number of carbonyl (C=O) groups excluding carboxylic acids is 1. The number of carbonyl (C=O) groups is 2. The van der Waals surface area contributed by atoms with Crippen LogP contribution in [0.4, 0.5) is 0 Å². The maximum absolute atomic E-state index is 12.7. The maximum atomic E-state index is 12.7. The van der Waals surface area contributed by atoms with Crippen molar-refractivity contribution in [3.63, 3.8) is 0 Å². The van der Waals surface area contributed by atoms with Crippen LogP contribution in [-0.2, 0) is 9.59 Å². The molecular formula is C15H17N3O3. The van der Waals surface area contributed by atoms with Crippen molar-refractivity contribution < 1.29 is 14.7 Å². The Labute approximate surface area is 122 Å². The number of carboxylic acids is 1. The van der Waals surface area contributed by atoms with Crippen LogP contribution in [0.2, 0.25) is 0 Å². The van der Waals surface area contributed by atoms with Crippen LogP contribution >= 0.6 is 0 Å². The van der Waals surface area contributed by atoms with E-state index >= 15 is 0 Å². The second kappa shape index (κ2) is 6.21. The molecule has 0 aliphatic rings. The van der Waals surface area contributed by atoms with Gasteiger partial charge in [0.25, 0.3) is 5.91 Å². The summed E-state index contributed by atoms with van der Waals surface area (Å²) in [7, 11) is 1.49. The highest BCUT2D eigenvalue weighted by Gasteiger charge is 2.30. The summed E-state index contributed by atoms with van der Waals surface area (Å²) in [4.78, 5) is 25.0. The number of nitrogens with zero attached hydrogens (tertiary/aromatic N) is 3. The van der Waals surface area contributed by atoms with Gasteiger partial charge in [-0.1, -0.05) is 30.3 Å². The van der Waals surface area contributed by atoms with Crippen molar-refractivity contribution in [1.82, 2.24) is 14.7 Å². The van der Waals surface area contributed by atoms with Crippen LogP contribution in [0.1, 0.15) is 18.5 Å². The number of aliphatic carboxylic acids is 1. The minimum absolute atomic E-state index is 0.320. The molecule has 0 aliphatic heterocycles. The minimum Gasteiger partial charge on any atom is -0.480 e. The maximum Gasteiger partial charge on any atom is 0.326 e. The average Bonchev–Trinajstić information content (AvgIpc) is 3.00. The van der Waals surface area contributed by atoms with Crippen molar-refractivity contribution >= 4 is 11.9 Å². The molecule has 1 heterocycles. The van der Waals surface area contributed by atoms with E-state index in [9.17, 15) is 9.59 Å². The number of likely N-dealkylation sites (N-methyl/N-ethyl adjacent to an activating group) is 1. The van der Waals surface area contributed by atoms with Gasteiger partial charge in [-0.25, -0.2) is 4.79 Å². The second-order valence-electron chi connectivity index (χ2n) is 4.76. The van der Waals surface area contributed by atoms with Gasteiger partial charge in [-0.15, -0.1) is 0 Å². The highest BCUT2D eigenvalue weighted by molar-refractivity contribution is 5.87. The SMILES string of the molecule is CC(C(=O)O)N(C)C(=O)C(c1ccccc1)n1cccn1. The van der Waals surface area contributed by atoms with Gasteiger partial charge in [-0.05, 0) is 18.6 Å². The highest BCUT2D eigenvalue weighted by atomic mass is 16.4. The van der Waals surface area contributed by atoms with E-state index in [-0.39, 0.29) is 5.91 Å². The molecule has 1 aromatic heterocycles. The Hall–Kier alpha value is -2.63. The molecule has 0 radical (unpaired) electrons. The summed E-state index contributed by atoms with van der Waals surface area (Å²) in [6, 6.07) is 9.32. The average molecular weight is 287 g/mol. The molecule has 0 aliphatic carbocycles. The Balaban J connectivity index is 2.37. The third-order valence-electron chi connectivity index (χ3n) is 3.42. The highest BCUT2D eigenvalue weighted by Crippen LogP contribution is 2.20. The fraction of sp³-hybridized carbons (Fsp3) is 0.267. The summed E-state index contributed by atoms with van der Waals surface area (Å²) in [5, 5.41) is 13.2. The van der Waals surface area contributed by atoms with E-state index in [1.54, 1.807) is 18.5 Å². The molecule has 1 amide bonds. The summed E-state index contributed by atoms with van der Waals surface area (Å²) in [5.74, 6) is -1.36. The molecule has 0 saturated heterocycles. The normalized spacial score (nSPS) is 13.4. The van der Waals surface area contributed by atoms with E-state index in [4.69, 9.17) is 5.11 Å². The Morgan fingerprint density at radius 3 is 2.43 bits per heavy atom. The quantitative estimate of drug-likeness (QED) is 0.902. The first kappa shape index (κ1) is 14.8. The number of rotatable bonds is 5. The molecule has 6 heteroatoms. The van der Waals surface area contributed by atoms with E-state index in [2.05, 4.69) is 5.10 Å². The molecule has 0 spiro atoms. The summed E-state index contributed by atoms with van der Waals surface area (Å²) >= 11 is 0. The predicted molar refractivity (Wildman–Crippen MR) is 76.7 cm³/mol. The molecule has 1 N–H and O–H groups in total. The zero-order valence-corrected chi connectivity index (χ0v) is 11.9. The zero-order chi connectivity index (χ0) is 15.4. The van der Waals surface area contributed by atoms with Crippen LogP contribution in [0.15, 0.2) is 48.8 Å². The summed E-state index contributed by atoms with van der Waals surface area (Å²) in [6.07, 6.45) is 3.28. The number of aromatic nitrogens is 2. The van der Waals surface area contributed by atoms with E-state index in [1.165, 1.54) is 23.6 Å². The molecule has 0 fully saturated rings. The Bertz CT molecular complexity index is 610. The fourth-order valence-corrected chi connectivity index (χ4v) is 2.03. The Morgan fingerprint density at radius 2 is 1.90 bits per heavy atom. The van der Waals surface area contributed by atoms with Crippen molar-refractivity contribution in [2.75, 3.05) is 7.05 Å². The van der Waals surface area contributed by atoms with E-state index in [1.807, 2.05) is 30.3 Å². The third kappa shape index (κ3) is 3.10. The lowest BCUT2D eigenvalue weighted by Crippen LogP contribution is -2.44. The Morgan fingerprint density at radius 1 is 1.24 bits per heavy atom. The summed E-state index contributed by atoms with van der Waals surface area (Å²) < 4.78 is 1.53. The van der Waals surface area contributed by atoms with E-state index < -0.39 is 18.1 Å². The molecule has 110 valence electrons. The van der Waals surface area contributed by atoms with Gasteiger partial charge in [0.05, 0.1) is 0 Å². The molecular weight excluding hydrogens is 270 g/mol. The van der Waals surface area contributed by atoms with Crippen molar-refractivity contribution in [1.29, 1.82) is 0 Å². The lowest BCUT2D eigenvalue weighted by atomic mass is 10.1. The first-order valence-corrected chi connectivity index (χ1v) is 6.56. The van der Waals surface area contributed by atoms with Gasteiger partial charge in [0.1, 0.15) is 6.04 Å². The molecule has 0 saturated carbocycles. The Kier molecular flexibility index (Phi) is 4.37. The largest absolute Gasteiger partial charge is 0.480 e. The number of hydrogen-bond acceptors (Lipinski definition) is 3. The van der Waals surface area contributed by atoms with Crippen LogP contribution in [0.3, 0.4) is 0 Å². The number of carboxylic acid groups (broad SMARTS) is 1. The van der Waals surface area contributed by atoms with Crippen molar-refractivity contribution in [3.8, 4) is 0 Å². The van der Waals surface area contributed by atoms with Crippen molar-refractivity contribution in [3.05, 3.63) is 54.4 Å². The van der Waals surface area contributed by atoms with Gasteiger partial charge in [-0.3, -0.25) is 9.48 Å². The third-order valence-corrected chi connectivity index (χ3v) is 3.42. The second-order valence-corrected chi connectivity index (χ2v) is 4.76. The van der Waals surface area contributed by atoms with E-state index in [0.29, 0.717) is 0 Å². The van der Waals surface area contributed by atoms with Gasteiger partial charge in [0.2, 0.25) is 0 Å². The van der Waals surface area contributed by atoms with Crippen LogP contribution < -0.4 is 0 Å². The fourth-order valence-electron chi connectivity index (χ4n) is 2.03. The standard InChI is InChI=1S/C15H17N3O3/c1-11(15(20)21)17(2)14(19)13(18-10-6-9-16-18)12-7-4-3-5-8-12/h3-11,13H,1-2H3,(H,20,21). The smallest absolute Gasteiger partial charge is 0.326 e. The van der Waals surface area contributed by atoms with Gasteiger partial charge < -0.3 is 10.0 Å². The molecule has 2 atom stereocenters. The molecule has 2 aromatic rings. The lowest BCUT2D eigenvalue weighted by Gasteiger charge is -2.27. The first-order valence-electron chi connectivity index (χ1n) is 6.56. The molecule has 21 heavy (non-hydrogen) atoms. The zero-order valence-electron chi connectivity index (χ0n) is 11.9. The first-order chi connectivity index (χ1) is 10.0. The van der Waals surface area contributed by atoms with E-state index in [0.717, 1.165) is 5.56 Å². The van der Waals surface area contributed by atoms with Crippen LogP contribution in [0.25, 0.3) is 0 Å². The number of benzene rings is 1. The molecule has 6 nitrogen and oxygen atoms in total. The summed E-state index contributed by atoms with van der Waals surface area (Å²) in [5.41, 5.74) is 0.760. The van der Waals surface area contributed by atoms with Gasteiger partial charge in [0, 0.05) is 19.4 Å². The van der Waals surface area contributed by atoms with Crippen LogP contribution in [-0.4, -0.2) is 44.8 Å². The van der Waals surface area contributed by atoms with Crippen LogP contribution in [0.5, 0.6) is 0 Å². The van der Waals surface area contributed by atoms with Crippen LogP contribution in [0, 0.1) is 0 Å². The molecule has 1 aromatic carbocycles. The van der Waals surface area contributed by atoms with Gasteiger partial charge >= 0.3 is 5.97 Å². The summed E-state index contributed by atoms with van der Waals surface area (Å²) in [6.45, 7) is 1.48. The van der Waals surface area contributed by atoms with Gasteiger partial charge in [-0.2, -0.15) is 5.10 Å². The van der Waals surface area contributed by atoms with Crippen molar-refractivity contribution in [2.24, 2.45) is 0 Å². The number of amides is 1. The van der Waals surface area contributed by atoms with Crippen molar-refractivity contribution in [2.45, 2.75) is 19.0 Å². The van der Waals surface area contributed by atoms with Gasteiger partial charge in [0.15, 0.2) is 6.04 Å². The monoisotopic (exact) mass is 287 g/mol. The molecule has 2 unspecified atom stereocenters. The molecule has 2 rings (SSSR count). The number of hydrogen-bond donors (Lipinski definition) is 1. The minimum atomic E-state index is -1.04. The predicted octanol–water partition coefficient (Wildman–Crippen LogP) is 1.40. The topological polar surface area (TPSA) is 75.4 Å². The lowest BCUT2D eigenvalue weighted by molar-refractivity contribution is -0.149.